The highest BCUT2D eigenvalue weighted by Crippen LogP contribution is 2.67. The predicted molar refractivity (Wildman–Crippen MR) is 119 cm³/mol. The number of allylic oxidation sites excluding steroid dienone is 1. The maximum Gasteiger partial charge on any atom is 0.0892 e. The average Bonchev–Trinajstić information content (AvgIpc) is 3.11. The molecule has 4 fully saturated rings. The van der Waals surface area contributed by atoms with E-state index in [1.165, 1.54) is 51.4 Å². The Morgan fingerprint density at radius 2 is 1.83 bits per heavy atom. The van der Waals surface area contributed by atoms with E-state index >= 15 is 0 Å². The highest BCUT2D eigenvalue weighted by atomic mass is 16.6. The van der Waals surface area contributed by atoms with Crippen molar-refractivity contribution in [2.75, 3.05) is 0 Å². The van der Waals surface area contributed by atoms with Crippen LogP contribution in [-0.4, -0.2) is 22.9 Å². The average molecular weight is 401 g/mol. The zero-order chi connectivity index (χ0) is 20.6. The van der Waals surface area contributed by atoms with Gasteiger partial charge in [0.05, 0.1) is 17.8 Å². The molecule has 2 nitrogen and oxygen atoms in total. The van der Waals surface area contributed by atoms with E-state index < -0.39 is 0 Å². The smallest absolute Gasteiger partial charge is 0.0892 e. The molecule has 0 spiro atoms. The Morgan fingerprint density at radius 1 is 1.07 bits per heavy atom. The van der Waals surface area contributed by atoms with Crippen LogP contribution in [0, 0.1) is 40.4 Å². The summed E-state index contributed by atoms with van der Waals surface area (Å²) in [6.07, 6.45) is 15.8. The quantitative estimate of drug-likeness (QED) is 0.430. The van der Waals surface area contributed by atoms with Gasteiger partial charge in [0.1, 0.15) is 0 Å². The van der Waals surface area contributed by atoms with Crippen LogP contribution in [0.2, 0.25) is 0 Å². The second-order valence-electron chi connectivity index (χ2n) is 12.6. The van der Waals surface area contributed by atoms with Crippen LogP contribution < -0.4 is 0 Å². The van der Waals surface area contributed by atoms with Gasteiger partial charge < -0.3 is 9.84 Å². The second kappa shape index (κ2) is 6.83. The number of rotatable bonds is 4. The monoisotopic (exact) mass is 400 g/mol. The maximum atomic E-state index is 10.2. The first-order valence-corrected chi connectivity index (χ1v) is 12.7. The summed E-state index contributed by atoms with van der Waals surface area (Å²) in [7, 11) is 0. The van der Waals surface area contributed by atoms with Gasteiger partial charge in [-0.2, -0.15) is 0 Å². The van der Waals surface area contributed by atoms with Crippen LogP contribution in [0.15, 0.2) is 11.6 Å². The Balaban J connectivity index is 1.30. The Kier molecular flexibility index (Phi) is 4.84. The maximum absolute atomic E-state index is 10.2. The lowest BCUT2D eigenvalue weighted by Gasteiger charge is -2.58. The fourth-order valence-corrected chi connectivity index (χ4v) is 8.97. The van der Waals surface area contributed by atoms with E-state index in [0.717, 1.165) is 42.4 Å². The van der Waals surface area contributed by atoms with E-state index in [2.05, 4.69) is 40.7 Å². The third-order valence-corrected chi connectivity index (χ3v) is 10.9. The minimum atomic E-state index is -0.0862. The molecule has 29 heavy (non-hydrogen) atoms. The largest absolute Gasteiger partial charge is 0.393 e. The Hall–Kier alpha value is -0.340. The van der Waals surface area contributed by atoms with Crippen molar-refractivity contribution in [3.63, 3.8) is 0 Å². The van der Waals surface area contributed by atoms with Crippen LogP contribution >= 0.6 is 0 Å². The summed E-state index contributed by atoms with van der Waals surface area (Å²) in [4.78, 5) is 0. The van der Waals surface area contributed by atoms with Gasteiger partial charge in [0.15, 0.2) is 0 Å². The summed E-state index contributed by atoms with van der Waals surface area (Å²) >= 11 is 0. The van der Waals surface area contributed by atoms with Crippen molar-refractivity contribution in [1.29, 1.82) is 0 Å². The Bertz CT molecular complexity index is 680. The summed E-state index contributed by atoms with van der Waals surface area (Å²) in [5.74, 6) is 4.41. The van der Waals surface area contributed by atoms with Crippen molar-refractivity contribution < 1.29 is 9.84 Å². The molecule has 1 heterocycles. The van der Waals surface area contributed by atoms with Crippen LogP contribution in [0.4, 0.5) is 0 Å². The van der Waals surface area contributed by atoms with Gasteiger partial charge in [-0.25, -0.2) is 0 Å². The fraction of sp³-hybridized carbons (Fsp3) is 0.926. The van der Waals surface area contributed by atoms with Crippen molar-refractivity contribution in [2.24, 2.45) is 40.4 Å². The van der Waals surface area contributed by atoms with Crippen molar-refractivity contribution in [1.82, 2.24) is 0 Å². The zero-order valence-corrected chi connectivity index (χ0v) is 19.5. The molecule has 3 saturated carbocycles. The van der Waals surface area contributed by atoms with E-state index in [1.807, 2.05) is 0 Å². The van der Waals surface area contributed by atoms with E-state index in [0.29, 0.717) is 16.9 Å². The van der Waals surface area contributed by atoms with Crippen LogP contribution in [0.1, 0.15) is 98.8 Å². The first kappa shape index (κ1) is 20.6. The van der Waals surface area contributed by atoms with E-state index in [1.54, 1.807) is 5.57 Å². The molecule has 2 heteroatoms. The molecule has 1 saturated heterocycles. The summed E-state index contributed by atoms with van der Waals surface area (Å²) in [5, 5.41) is 10.2. The fourth-order valence-electron chi connectivity index (χ4n) is 8.97. The summed E-state index contributed by atoms with van der Waals surface area (Å²) in [5.41, 5.74) is 2.68. The van der Waals surface area contributed by atoms with E-state index in [4.69, 9.17) is 4.74 Å². The number of epoxide rings is 1. The SMILES string of the molecule is C[C@H](CC[C@@H]1OC1(C)C)C1CC[C@H]2[C@@H]3CC=C4C[C@@H](O)CC[C@]4(C)[C@H]3CC[C@]12C. The molecule has 0 aromatic carbocycles. The molecule has 0 bridgehead atoms. The zero-order valence-electron chi connectivity index (χ0n) is 19.5. The lowest BCUT2D eigenvalue weighted by molar-refractivity contribution is -0.0573. The van der Waals surface area contributed by atoms with Gasteiger partial charge in [-0.05, 0) is 118 Å². The molecule has 0 amide bonds. The Morgan fingerprint density at radius 3 is 2.55 bits per heavy atom. The summed E-state index contributed by atoms with van der Waals surface area (Å²) < 4.78 is 5.86. The van der Waals surface area contributed by atoms with Crippen LogP contribution in [0.3, 0.4) is 0 Å². The van der Waals surface area contributed by atoms with Gasteiger partial charge >= 0.3 is 0 Å². The van der Waals surface area contributed by atoms with Crippen molar-refractivity contribution >= 4 is 0 Å². The molecule has 0 aromatic rings. The van der Waals surface area contributed by atoms with Gasteiger partial charge in [-0.1, -0.05) is 32.4 Å². The molecule has 1 aliphatic heterocycles. The Labute approximate surface area is 178 Å². The molecule has 5 aliphatic rings. The number of hydrogen-bond acceptors (Lipinski definition) is 2. The van der Waals surface area contributed by atoms with Gasteiger partial charge in [-0.3, -0.25) is 0 Å². The molecule has 0 radical (unpaired) electrons. The first-order valence-electron chi connectivity index (χ1n) is 12.7. The van der Waals surface area contributed by atoms with Crippen molar-refractivity contribution in [3.8, 4) is 0 Å². The summed E-state index contributed by atoms with van der Waals surface area (Å²) in [6, 6.07) is 0. The van der Waals surface area contributed by atoms with Crippen molar-refractivity contribution in [3.05, 3.63) is 11.6 Å². The second-order valence-corrected chi connectivity index (χ2v) is 12.6. The highest BCUT2D eigenvalue weighted by molar-refractivity contribution is 5.25. The third kappa shape index (κ3) is 3.18. The molecule has 164 valence electrons. The first-order chi connectivity index (χ1) is 13.6. The third-order valence-electron chi connectivity index (χ3n) is 10.9. The van der Waals surface area contributed by atoms with E-state index in [-0.39, 0.29) is 11.7 Å². The number of ether oxygens (including phenoxy) is 1. The summed E-state index contributed by atoms with van der Waals surface area (Å²) in [6.45, 7) is 12.3. The molecular weight excluding hydrogens is 356 g/mol. The minimum Gasteiger partial charge on any atom is -0.393 e. The lowest BCUT2D eigenvalue weighted by Crippen LogP contribution is -2.50. The molecule has 0 aromatic heterocycles. The van der Waals surface area contributed by atoms with Gasteiger partial charge in [-0.15, -0.1) is 0 Å². The predicted octanol–water partition coefficient (Wildman–Crippen LogP) is 6.52. The standard InChI is InChI=1S/C27H44O2/c1-17(6-11-24-25(2,3)29-24)21-9-10-22-20-8-7-18-16-19(28)12-14-26(18,4)23(20)13-15-27(21,22)5/h7,17,19-24,28H,6,8-16H2,1-5H3/t17-,19+,20+,21?,22+,23+,24+,26+,27-/m1/s1. The normalized spacial score (nSPS) is 51.4. The number of aliphatic hydroxyl groups excluding tert-OH is 1. The van der Waals surface area contributed by atoms with Gasteiger partial charge in [0.2, 0.25) is 0 Å². The number of hydrogen-bond donors (Lipinski definition) is 1. The number of fused-ring (bicyclic) bond motifs is 5. The molecule has 5 rings (SSSR count). The molecule has 1 unspecified atom stereocenters. The van der Waals surface area contributed by atoms with E-state index in [9.17, 15) is 5.11 Å². The molecule has 1 N–H and O–H groups in total. The van der Waals surface area contributed by atoms with Crippen molar-refractivity contribution in [2.45, 2.75) is 117 Å². The topological polar surface area (TPSA) is 32.8 Å². The molecule has 4 aliphatic carbocycles. The molecule has 9 atom stereocenters. The molecular formula is C27H44O2. The van der Waals surface area contributed by atoms with Gasteiger partial charge in [0, 0.05) is 0 Å². The number of aliphatic hydroxyl groups is 1. The highest BCUT2D eigenvalue weighted by Gasteiger charge is 2.59. The van der Waals surface area contributed by atoms with Gasteiger partial charge in [0.25, 0.3) is 0 Å². The lowest BCUT2D eigenvalue weighted by atomic mass is 9.47. The van der Waals surface area contributed by atoms with Crippen LogP contribution in [0.5, 0.6) is 0 Å². The minimum absolute atomic E-state index is 0.0862. The van der Waals surface area contributed by atoms with Crippen LogP contribution in [-0.2, 0) is 4.74 Å². The van der Waals surface area contributed by atoms with Crippen LogP contribution in [0.25, 0.3) is 0 Å².